The molecule has 1 rings (SSSR count). The van der Waals surface area contributed by atoms with Gasteiger partial charge in [0.1, 0.15) is 0 Å². The van der Waals surface area contributed by atoms with Crippen molar-refractivity contribution in [3.8, 4) is 0 Å². The molecule has 0 atom stereocenters. The van der Waals surface area contributed by atoms with Crippen LogP contribution in [0.4, 0.5) is 0 Å². The van der Waals surface area contributed by atoms with Crippen molar-refractivity contribution in [2.45, 2.75) is 0 Å². The van der Waals surface area contributed by atoms with Crippen molar-refractivity contribution in [3.05, 3.63) is 35.9 Å². The number of halogens is 3. The second-order valence-corrected chi connectivity index (χ2v) is 6.03. The van der Waals surface area contributed by atoms with Crippen LogP contribution in [0.1, 0.15) is 10.4 Å². The summed E-state index contributed by atoms with van der Waals surface area (Å²) in [7, 11) is 4.81. The molecule has 0 saturated carbocycles. The number of rotatable bonds is 1. The monoisotopic (exact) mass is 274 g/mol. The van der Waals surface area contributed by atoms with E-state index < -0.39 is 13.5 Å². The standard InChI is InChI=1S/C7H5ClO.Cl2O2S/c8-7(9)6-4-2-1-3-5-6;1-5(2,3)4/h1-5H;. The molecular formula is C7H5Cl3O3S. The highest BCUT2D eigenvalue weighted by atomic mass is 36.0. The summed E-state index contributed by atoms with van der Waals surface area (Å²) in [5.74, 6) is 0. The van der Waals surface area contributed by atoms with Gasteiger partial charge in [-0.1, -0.05) is 30.3 Å². The third kappa shape index (κ3) is 9.80. The van der Waals surface area contributed by atoms with Crippen LogP contribution < -0.4 is 0 Å². The van der Waals surface area contributed by atoms with Crippen molar-refractivity contribution < 1.29 is 13.2 Å². The van der Waals surface area contributed by atoms with E-state index >= 15 is 0 Å². The van der Waals surface area contributed by atoms with Crippen LogP contribution in [0.5, 0.6) is 0 Å². The Labute approximate surface area is 95.5 Å². The molecule has 0 aliphatic rings. The van der Waals surface area contributed by atoms with Gasteiger partial charge in [0.15, 0.2) is 0 Å². The lowest BCUT2D eigenvalue weighted by atomic mass is 10.2. The van der Waals surface area contributed by atoms with E-state index in [9.17, 15) is 4.79 Å². The lowest BCUT2D eigenvalue weighted by Crippen LogP contribution is -1.84. The van der Waals surface area contributed by atoms with Gasteiger partial charge in [0.05, 0.1) is 0 Å². The van der Waals surface area contributed by atoms with Gasteiger partial charge in [-0.05, 0) is 11.6 Å². The van der Waals surface area contributed by atoms with E-state index in [1.807, 2.05) is 6.07 Å². The molecule has 7 heteroatoms. The van der Waals surface area contributed by atoms with Gasteiger partial charge in [0.2, 0.25) is 0 Å². The van der Waals surface area contributed by atoms with Gasteiger partial charge >= 0.3 is 8.26 Å². The Balaban J connectivity index is 0.000000292. The van der Waals surface area contributed by atoms with Crippen molar-refractivity contribution in [3.63, 3.8) is 0 Å². The summed E-state index contributed by atoms with van der Waals surface area (Å²) in [6.07, 6.45) is 0. The molecule has 78 valence electrons. The largest absolute Gasteiger partial charge is 0.317 e. The SMILES string of the molecule is O=C(Cl)c1ccccc1.O=S(=O)(Cl)Cl. The summed E-state index contributed by atoms with van der Waals surface area (Å²) < 4.78 is 18.3. The third-order valence-electron chi connectivity index (χ3n) is 1.00. The highest BCUT2D eigenvalue weighted by Gasteiger charge is 1.95. The minimum absolute atomic E-state index is 0.407. The maximum absolute atomic E-state index is 10.4. The summed E-state index contributed by atoms with van der Waals surface area (Å²) >= 11 is 5.16. The molecule has 1 aromatic carbocycles. The summed E-state index contributed by atoms with van der Waals surface area (Å²) in [6.45, 7) is 0. The second-order valence-electron chi connectivity index (χ2n) is 2.02. The Morgan fingerprint density at radius 3 is 1.64 bits per heavy atom. The number of benzene rings is 1. The predicted octanol–water partition coefficient (Wildman–Crippen LogP) is 2.77. The number of hydrogen-bond acceptors (Lipinski definition) is 3. The Kier molecular flexibility index (Phi) is 6.11. The molecule has 14 heavy (non-hydrogen) atoms. The molecule has 0 radical (unpaired) electrons. The first kappa shape index (κ1) is 13.7. The maximum Gasteiger partial charge on any atom is 0.317 e. The lowest BCUT2D eigenvalue weighted by Gasteiger charge is -1.87. The zero-order valence-electron chi connectivity index (χ0n) is 6.65. The molecule has 0 unspecified atom stereocenters. The first-order chi connectivity index (χ1) is 6.30. The molecule has 0 aliphatic heterocycles. The van der Waals surface area contributed by atoms with Crippen molar-refractivity contribution in [1.29, 1.82) is 0 Å². The zero-order valence-corrected chi connectivity index (χ0v) is 9.74. The van der Waals surface area contributed by atoms with Gasteiger partial charge in [-0.25, -0.2) is 0 Å². The first-order valence-electron chi connectivity index (χ1n) is 3.20. The van der Waals surface area contributed by atoms with Crippen LogP contribution in [0.25, 0.3) is 0 Å². The molecule has 1 aromatic rings. The highest BCUT2D eigenvalue weighted by molar-refractivity contribution is 8.31. The summed E-state index contributed by atoms with van der Waals surface area (Å²) in [5, 5.41) is -0.407. The number of hydrogen-bond donors (Lipinski definition) is 0. The van der Waals surface area contributed by atoms with E-state index in [4.69, 9.17) is 20.0 Å². The van der Waals surface area contributed by atoms with Crippen molar-refractivity contribution in [2.75, 3.05) is 0 Å². The molecule has 0 spiro atoms. The average Bonchev–Trinajstić information content (AvgIpc) is 2.03. The van der Waals surface area contributed by atoms with E-state index in [1.54, 1.807) is 24.3 Å². The molecule has 0 fully saturated rings. The Morgan fingerprint density at radius 2 is 1.43 bits per heavy atom. The van der Waals surface area contributed by atoms with Crippen LogP contribution in [0.3, 0.4) is 0 Å². The van der Waals surface area contributed by atoms with Gasteiger partial charge in [-0.2, -0.15) is 8.42 Å². The number of carbonyl (C=O) groups excluding carboxylic acids is 1. The predicted molar refractivity (Wildman–Crippen MR) is 57.3 cm³/mol. The lowest BCUT2D eigenvalue weighted by molar-refractivity contribution is 0.108. The molecule has 0 saturated heterocycles. The normalized spacial score (nSPS) is 9.93. The van der Waals surface area contributed by atoms with E-state index in [1.165, 1.54) is 0 Å². The van der Waals surface area contributed by atoms with Crippen LogP contribution in [0.2, 0.25) is 0 Å². The van der Waals surface area contributed by atoms with Crippen LogP contribution >= 0.6 is 33.0 Å². The molecular weight excluding hydrogens is 270 g/mol. The topological polar surface area (TPSA) is 51.2 Å². The number of carbonyl (C=O) groups is 1. The molecule has 3 nitrogen and oxygen atoms in total. The summed E-state index contributed by atoms with van der Waals surface area (Å²) in [5.41, 5.74) is 0.541. The van der Waals surface area contributed by atoms with Crippen molar-refractivity contribution in [2.24, 2.45) is 0 Å². The average molecular weight is 276 g/mol. The van der Waals surface area contributed by atoms with Gasteiger partial charge in [-0.15, -0.1) is 0 Å². The van der Waals surface area contributed by atoms with Gasteiger partial charge in [0.25, 0.3) is 5.24 Å². The van der Waals surface area contributed by atoms with Crippen LogP contribution in [0.15, 0.2) is 30.3 Å². The fourth-order valence-corrected chi connectivity index (χ4v) is 0.695. The van der Waals surface area contributed by atoms with Crippen LogP contribution in [0, 0.1) is 0 Å². The van der Waals surface area contributed by atoms with Gasteiger partial charge in [0, 0.05) is 26.9 Å². The highest BCUT2D eigenvalue weighted by Crippen LogP contribution is 2.01. The van der Waals surface area contributed by atoms with E-state index in [0.717, 1.165) is 0 Å². The maximum atomic E-state index is 10.4. The summed E-state index contributed by atoms with van der Waals surface area (Å²) in [6, 6.07) is 8.74. The van der Waals surface area contributed by atoms with E-state index in [-0.39, 0.29) is 0 Å². The summed E-state index contributed by atoms with van der Waals surface area (Å²) in [4.78, 5) is 10.4. The second kappa shape index (κ2) is 6.24. The fourth-order valence-electron chi connectivity index (χ4n) is 0.569. The molecule has 0 aliphatic carbocycles. The van der Waals surface area contributed by atoms with E-state index in [2.05, 4.69) is 21.4 Å². The Morgan fingerprint density at radius 1 is 1.07 bits per heavy atom. The Bertz CT molecular complexity index is 380. The minimum atomic E-state index is -3.72. The fraction of sp³-hybridized carbons (Fsp3) is 0. The minimum Gasteiger partial charge on any atom is -0.276 e. The molecule has 0 heterocycles. The van der Waals surface area contributed by atoms with Crippen molar-refractivity contribution in [1.82, 2.24) is 0 Å². The van der Waals surface area contributed by atoms with E-state index in [0.29, 0.717) is 5.56 Å². The van der Waals surface area contributed by atoms with Crippen molar-refractivity contribution >= 4 is 46.5 Å². The van der Waals surface area contributed by atoms with Gasteiger partial charge < -0.3 is 0 Å². The van der Waals surface area contributed by atoms with Gasteiger partial charge in [-0.3, -0.25) is 4.79 Å². The zero-order chi connectivity index (χ0) is 11.2. The molecule has 0 bridgehead atoms. The third-order valence-corrected chi connectivity index (χ3v) is 1.22. The first-order valence-corrected chi connectivity index (χ1v) is 6.71. The Hall–Kier alpha value is -0.290. The van der Waals surface area contributed by atoms with Crippen LogP contribution in [-0.4, -0.2) is 13.7 Å². The quantitative estimate of drug-likeness (QED) is 0.741. The smallest absolute Gasteiger partial charge is 0.276 e. The molecule has 0 N–H and O–H groups in total. The molecule has 0 aromatic heterocycles. The van der Waals surface area contributed by atoms with Crippen LogP contribution in [-0.2, 0) is 8.26 Å². The molecule has 0 amide bonds.